The number of hydrogen-bond acceptors (Lipinski definition) is 4. The molecule has 0 aliphatic heterocycles. The Labute approximate surface area is 93.0 Å². The second-order valence-electron chi connectivity index (χ2n) is 5.56. The van der Waals surface area contributed by atoms with Crippen molar-refractivity contribution >= 4 is 14.3 Å². The van der Waals surface area contributed by atoms with Crippen LogP contribution in [0.15, 0.2) is 0 Å². The molecule has 0 aromatic carbocycles. The lowest BCUT2D eigenvalue weighted by Crippen LogP contribution is -2.41. The SMILES string of the molecule is COC(=O)C(OO[Si](C)(C)C)C(C)(C)C. The molecule has 0 radical (unpaired) electrons. The summed E-state index contributed by atoms with van der Waals surface area (Å²) in [6.45, 7) is 11.7. The fraction of sp³-hybridized carbons (Fsp3) is 0.900. The zero-order valence-electron chi connectivity index (χ0n) is 10.7. The highest BCUT2D eigenvalue weighted by Crippen LogP contribution is 2.24. The van der Waals surface area contributed by atoms with Crippen LogP contribution >= 0.6 is 0 Å². The van der Waals surface area contributed by atoms with E-state index < -0.39 is 20.4 Å². The van der Waals surface area contributed by atoms with Gasteiger partial charge in [0.1, 0.15) is 0 Å². The minimum absolute atomic E-state index is 0.341. The Bertz CT molecular complexity index is 214. The number of hydrogen-bond donors (Lipinski definition) is 0. The van der Waals surface area contributed by atoms with Crippen LogP contribution in [0.4, 0.5) is 0 Å². The van der Waals surface area contributed by atoms with Gasteiger partial charge < -0.3 is 4.74 Å². The van der Waals surface area contributed by atoms with Gasteiger partial charge in [0, 0.05) is 5.41 Å². The first-order chi connectivity index (χ1) is 6.58. The van der Waals surface area contributed by atoms with Crippen molar-refractivity contribution in [1.29, 1.82) is 0 Å². The second-order valence-corrected chi connectivity index (χ2v) is 9.95. The molecule has 0 aliphatic rings. The highest BCUT2D eigenvalue weighted by molar-refractivity contribution is 6.69. The average Bonchev–Trinajstić information content (AvgIpc) is 1.99. The minimum Gasteiger partial charge on any atom is -0.467 e. The largest absolute Gasteiger partial charge is 0.467 e. The van der Waals surface area contributed by atoms with Crippen LogP contribution < -0.4 is 0 Å². The molecule has 1 atom stereocenters. The zero-order valence-corrected chi connectivity index (χ0v) is 11.7. The molecule has 1 unspecified atom stereocenters. The average molecular weight is 234 g/mol. The van der Waals surface area contributed by atoms with Crippen molar-refractivity contribution < 1.29 is 19.0 Å². The summed E-state index contributed by atoms with van der Waals surface area (Å²) in [6.07, 6.45) is -0.686. The van der Waals surface area contributed by atoms with Crippen molar-refractivity contribution in [2.75, 3.05) is 7.11 Å². The van der Waals surface area contributed by atoms with E-state index in [0.717, 1.165) is 0 Å². The molecule has 0 rings (SSSR count). The summed E-state index contributed by atoms with van der Waals surface area (Å²) in [7, 11) is -0.441. The van der Waals surface area contributed by atoms with Crippen LogP contribution in [0.25, 0.3) is 0 Å². The third kappa shape index (κ3) is 5.91. The van der Waals surface area contributed by atoms with Gasteiger partial charge in [0.2, 0.25) is 8.32 Å². The van der Waals surface area contributed by atoms with Crippen molar-refractivity contribution in [3.63, 3.8) is 0 Å². The minimum atomic E-state index is -1.79. The predicted molar refractivity (Wildman–Crippen MR) is 60.8 cm³/mol. The lowest BCUT2D eigenvalue weighted by molar-refractivity contribution is -0.276. The highest BCUT2D eigenvalue weighted by Gasteiger charge is 2.35. The van der Waals surface area contributed by atoms with E-state index in [4.69, 9.17) is 9.46 Å². The predicted octanol–water partition coefficient (Wildman–Crippen LogP) is 2.36. The maximum absolute atomic E-state index is 11.5. The lowest BCUT2D eigenvalue weighted by Gasteiger charge is -2.29. The van der Waals surface area contributed by atoms with Gasteiger partial charge in [0.15, 0.2) is 6.10 Å². The monoisotopic (exact) mass is 234 g/mol. The molecule has 0 spiro atoms. The molecule has 0 saturated carbocycles. The molecule has 5 heteroatoms. The Kier molecular flexibility index (Phi) is 4.96. The van der Waals surface area contributed by atoms with Gasteiger partial charge in [-0.1, -0.05) is 20.8 Å². The van der Waals surface area contributed by atoms with E-state index in [-0.39, 0.29) is 5.41 Å². The summed E-state index contributed by atoms with van der Waals surface area (Å²) < 4.78 is 9.95. The molecule has 0 aromatic rings. The van der Waals surface area contributed by atoms with E-state index in [2.05, 4.69) is 4.74 Å². The summed E-state index contributed by atoms with van der Waals surface area (Å²) in [5.74, 6) is -0.402. The van der Waals surface area contributed by atoms with Crippen molar-refractivity contribution in [2.24, 2.45) is 5.41 Å². The first-order valence-corrected chi connectivity index (χ1v) is 8.41. The smallest absolute Gasteiger partial charge is 0.338 e. The normalized spacial score (nSPS) is 14.9. The van der Waals surface area contributed by atoms with Gasteiger partial charge in [-0.05, 0) is 19.6 Å². The number of rotatable bonds is 4. The van der Waals surface area contributed by atoms with Crippen molar-refractivity contribution in [2.45, 2.75) is 46.5 Å². The van der Waals surface area contributed by atoms with Crippen molar-refractivity contribution in [3.05, 3.63) is 0 Å². The molecular weight excluding hydrogens is 212 g/mol. The zero-order chi connectivity index (χ0) is 12.3. The molecule has 0 heterocycles. The van der Waals surface area contributed by atoms with Gasteiger partial charge in [0.25, 0.3) is 0 Å². The Hall–Kier alpha value is -0.393. The van der Waals surface area contributed by atoms with E-state index in [1.54, 1.807) is 0 Å². The molecule has 0 amide bonds. The first kappa shape index (κ1) is 14.6. The number of carbonyl (C=O) groups is 1. The van der Waals surface area contributed by atoms with Crippen LogP contribution in [0, 0.1) is 5.41 Å². The fourth-order valence-corrected chi connectivity index (χ4v) is 1.22. The summed E-state index contributed by atoms with van der Waals surface area (Å²) in [6, 6.07) is 0. The molecule has 0 fully saturated rings. The third-order valence-electron chi connectivity index (χ3n) is 1.60. The van der Waals surface area contributed by atoms with Gasteiger partial charge in [-0.25, -0.2) is 9.68 Å². The van der Waals surface area contributed by atoms with Gasteiger partial charge >= 0.3 is 5.97 Å². The van der Waals surface area contributed by atoms with Crippen LogP contribution in [-0.2, 0) is 19.0 Å². The second kappa shape index (κ2) is 5.09. The van der Waals surface area contributed by atoms with Crippen LogP contribution in [0.1, 0.15) is 20.8 Å². The quantitative estimate of drug-likeness (QED) is 0.324. The number of carbonyl (C=O) groups excluding carboxylic acids is 1. The molecule has 0 N–H and O–H groups in total. The van der Waals surface area contributed by atoms with Crippen LogP contribution in [0.3, 0.4) is 0 Å². The fourth-order valence-electron chi connectivity index (χ4n) is 0.837. The Morgan fingerprint density at radius 3 is 1.93 bits per heavy atom. The summed E-state index contributed by atoms with van der Waals surface area (Å²) >= 11 is 0. The highest BCUT2D eigenvalue weighted by atomic mass is 28.4. The maximum Gasteiger partial charge on any atom is 0.338 e. The molecule has 4 nitrogen and oxygen atoms in total. The van der Waals surface area contributed by atoms with E-state index in [9.17, 15) is 4.79 Å². The van der Waals surface area contributed by atoms with Gasteiger partial charge in [0.05, 0.1) is 7.11 Å². The topological polar surface area (TPSA) is 44.8 Å². The molecular formula is C10H22O4Si. The van der Waals surface area contributed by atoms with Crippen LogP contribution in [-0.4, -0.2) is 27.5 Å². The maximum atomic E-state index is 11.5. The Morgan fingerprint density at radius 2 is 1.67 bits per heavy atom. The van der Waals surface area contributed by atoms with E-state index >= 15 is 0 Å². The molecule has 15 heavy (non-hydrogen) atoms. The van der Waals surface area contributed by atoms with E-state index in [1.807, 2.05) is 40.4 Å². The van der Waals surface area contributed by atoms with Crippen molar-refractivity contribution in [3.8, 4) is 0 Å². The lowest BCUT2D eigenvalue weighted by atomic mass is 9.89. The van der Waals surface area contributed by atoms with Crippen LogP contribution in [0.5, 0.6) is 0 Å². The molecule has 0 bridgehead atoms. The van der Waals surface area contributed by atoms with Gasteiger partial charge in [-0.15, -0.1) is 0 Å². The number of methoxy groups -OCH3 is 1. The summed E-state index contributed by atoms with van der Waals surface area (Å²) in [4.78, 5) is 16.7. The Balaban J connectivity index is 4.48. The molecule has 0 saturated heterocycles. The molecule has 90 valence electrons. The molecule has 0 aliphatic carbocycles. The van der Waals surface area contributed by atoms with Crippen LogP contribution in [0.2, 0.25) is 19.6 Å². The van der Waals surface area contributed by atoms with Gasteiger partial charge in [-0.3, -0.25) is 4.58 Å². The van der Waals surface area contributed by atoms with Gasteiger partial charge in [-0.2, -0.15) is 0 Å². The first-order valence-electron chi connectivity index (χ1n) is 5.00. The third-order valence-corrected chi connectivity index (χ3v) is 2.19. The summed E-state index contributed by atoms with van der Waals surface area (Å²) in [5.41, 5.74) is -0.341. The molecule has 0 aromatic heterocycles. The summed E-state index contributed by atoms with van der Waals surface area (Å²) in [5, 5.41) is 0. The van der Waals surface area contributed by atoms with E-state index in [1.165, 1.54) is 7.11 Å². The number of ether oxygens (including phenoxy) is 1. The Morgan fingerprint density at radius 1 is 1.20 bits per heavy atom. The standard InChI is InChI=1S/C10H22O4Si/c1-10(2,3)8(9(11)12-4)13-14-15(5,6)7/h8H,1-7H3. The number of esters is 1. The van der Waals surface area contributed by atoms with Crippen molar-refractivity contribution in [1.82, 2.24) is 0 Å². The van der Waals surface area contributed by atoms with E-state index in [0.29, 0.717) is 0 Å².